The molecule has 2 nitrogen and oxygen atoms in total. The van der Waals surface area contributed by atoms with Crippen LogP contribution in [0.2, 0.25) is 0 Å². The maximum absolute atomic E-state index is 12.8. The highest BCUT2D eigenvalue weighted by Gasteiger charge is 2.44. The van der Waals surface area contributed by atoms with Crippen molar-refractivity contribution in [2.24, 2.45) is 5.73 Å². The highest BCUT2D eigenvalue weighted by molar-refractivity contribution is 5.29. The second-order valence-corrected chi connectivity index (χ2v) is 2.96. The fraction of sp³-hybridized carbons (Fsp3) is 0.333. The Balaban J connectivity index is 2.93. The Labute approximate surface area is 87.8 Å². The van der Waals surface area contributed by atoms with Crippen LogP contribution in [0.5, 0.6) is 5.75 Å². The van der Waals surface area contributed by atoms with Crippen LogP contribution < -0.4 is 10.5 Å². The summed E-state index contributed by atoms with van der Waals surface area (Å²) in [7, 11) is 0. The minimum absolute atomic E-state index is 0.117. The summed E-state index contributed by atoms with van der Waals surface area (Å²) in [6.45, 7) is -0.117. The first-order chi connectivity index (χ1) is 7.35. The summed E-state index contributed by atoms with van der Waals surface area (Å²) in [5, 5.41) is 0. The predicted molar refractivity (Wildman–Crippen MR) is 45.9 cm³/mol. The summed E-state index contributed by atoms with van der Waals surface area (Å²) in [6, 6.07) is 2.54. The van der Waals surface area contributed by atoms with Gasteiger partial charge in [-0.1, -0.05) is 0 Å². The maximum Gasteiger partial charge on any atom is 0.461 e. The third-order valence-electron chi connectivity index (χ3n) is 1.67. The Morgan fingerprint density at radius 1 is 1.25 bits per heavy atom. The summed E-state index contributed by atoms with van der Waals surface area (Å²) in [6.07, 6.45) is -8.64. The van der Waals surface area contributed by atoms with Gasteiger partial charge in [0.1, 0.15) is 11.6 Å². The van der Waals surface area contributed by atoms with E-state index in [2.05, 4.69) is 4.74 Å². The Morgan fingerprint density at radius 2 is 1.88 bits per heavy atom. The molecule has 0 aliphatic carbocycles. The normalized spacial score (nSPS) is 11.9. The number of benzene rings is 1. The maximum atomic E-state index is 12.8. The van der Waals surface area contributed by atoms with Gasteiger partial charge in [-0.25, -0.2) is 4.39 Å². The molecule has 2 N–H and O–H groups in total. The van der Waals surface area contributed by atoms with Gasteiger partial charge in [0.25, 0.3) is 0 Å². The molecule has 1 aromatic rings. The zero-order valence-corrected chi connectivity index (χ0v) is 7.89. The third-order valence-corrected chi connectivity index (χ3v) is 1.67. The predicted octanol–water partition coefficient (Wildman–Crippen LogP) is 2.52. The number of halogens is 5. The van der Waals surface area contributed by atoms with Crippen LogP contribution in [0, 0.1) is 5.82 Å². The average molecular weight is 241 g/mol. The fourth-order valence-corrected chi connectivity index (χ4v) is 0.999. The van der Waals surface area contributed by atoms with E-state index in [1.54, 1.807) is 0 Å². The lowest BCUT2D eigenvalue weighted by Crippen LogP contribution is -2.33. The number of nitrogens with two attached hydrogens (primary N) is 1. The van der Waals surface area contributed by atoms with E-state index < -0.39 is 24.1 Å². The molecule has 0 fully saturated rings. The molecule has 0 radical (unpaired) electrons. The van der Waals surface area contributed by atoms with Crippen LogP contribution in [-0.2, 0) is 6.54 Å². The first kappa shape index (κ1) is 12.7. The van der Waals surface area contributed by atoms with Crippen LogP contribution in [0.15, 0.2) is 18.2 Å². The molecule has 0 aliphatic heterocycles. The van der Waals surface area contributed by atoms with Crippen molar-refractivity contribution in [1.29, 1.82) is 0 Å². The van der Waals surface area contributed by atoms with Gasteiger partial charge in [-0.2, -0.15) is 17.6 Å². The standard InChI is InChI=1S/C9H8F5NO/c10-6-1-5(4-15)2-7(3-6)16-9(13,14)8(11)12/h1-3,8H,4,15H2. The van der Waals surface area contributed by atoms with E-state index in [0.29, 0.717) is 6.07 Å². The molecule has 1 rings (SSSR count). The van der Waals surface area contributed by atoms with E-state index >= 15 is 0 Å². The molecule has 0 aromatic heterocycles. The van der Waals surface area contributed by atoms with Crippen molar-refractivity contribution in [2.45, 2.75) is 19.1 Å². The van der Waals surface area contributed by atoms with E-state index in [1.165, 1.54) is 0 Å². The molecule has 0 atom stereocenters. The molecule has 90 valence electrons. The van der Waals surface area contributed by atoms with Crippen LogP contribution in [-0.4, -0.2) is 12.5 Å². The second kappa shape index (κ2) is 4.65. The van der Waals surface area contributed by atoms with Gasteiger partial charge in [-0.3, -0.25) is 0 Å². The average Bonchev–Trinajstić information content (AvgIpc) is 2.15. The summed E-state index contributed by atoms with van der Waals surface area (Å²) < 4.78 is 65.1. The van der Waals surface area contributed by atoms with Gasteiger partial charge in [0.05, 0.1) is 0 Å². The van der Waals surface area contributed by atoms with Gasteiger partial charge in [0.2, 0.25) is 0 Å². The largest absolute Gasteiger partial charge is 0.461 e. The number of hydrogen-bond acceptors (Lipinski definition) is 2. The first-order valence-electron chi connectivity index (χ1n) is 4.19. The van der Waals surface area contributed by atoms with Crippen molar-refractivity contribution in [3.63, 3.8) is 0 Å². The quantitative estimate of drug-likeness (QED) is 0.822. The van der Waals surface area contributed by atoms with Gasteiger partial charge < -0.3 is 10.5 Å². The molecule has 0 bridgehead atoms. The van der Waals surface area contributed by atoms with Crippen molar-refractivity contribution in [3.05, 3.63) is 29.6 Å². The molecule has 1 aromatic carbocycles. The summed E-state index contributed by atoms with van der Waals surface area (Å²) >= 11 is 0. The summed E-state index contributed by atoms with van der Waals surface area (Å²) in [4.78, 5) is 0. The molecule has 0 saturated heterocycles. The smallest absolute Gasteiger partial charge is 0.428 e. The van der Waals surface area contributed by atoms with Gasteiger partial charge in [0, 0.05) is 12.6 Å². The molecule has 16 heavy (non-hydrogen) atoms. The zero-order chi connectivity index (χ0) is 12.3. The van der Waals surface area contributed by atoms with Crippen molar-refractivity contribution in [1.82, 2.24) is 0 Å². The molecule has 0 heterocycles. The molecular weight excluding hydrogens is 233 g/mol. The number of ether oxygens (including phenoxy) is 1. The minimum atomic E-state index is -4.65. The molecule has 0 saturated carbocycles. The summed E-state index contributed by atoms with van der Waals surface area (Å²) in [5.41, 5.74) is 5.32. The van der Waals surface area contributed by atoms with Gasteiger partial charge in [-0.15, -0.1) is 0 Å². The highest BCUT2D eigenvalue weighted by atomic mass is 19.3. The summed E-state index contributed by atoms with van der Waals surface area (Å²) in [5.74, 6) is -1.58. The van der Waals surface area contributed by atoms with E-state index in [1.807, 2.05) is 0 Å². The lowest BCUT2D eigenvalue weighted by Gasteiger charge is -2.17. The molecule has 7 heteroatoms. The van der Waals surface area contributed by atoms with Crippen LogP contribution in [0.25, 0.3) is 0 Å². The molecule has 0 aliphatic rings. The molecule has 0 amide bonds. The van der Waals surface area contributed by atoms with Crippen LogP contribution in [0.1, 0.15) is 5.56 Å². The minimum Gasteiger partial charge on any atom is -0.428 e. The van der Waals surface area contributed by atoms with Crippen LogP contribution in [0.3, 0.4) is 0 Å². The second-order valence-electron chi connectivity index (χ2n) is 2.96. The third kappa shape index (κ3) is 3.06. The monoisotopic (exact) mass is 241 g/mol. The van der Waals surface area contributed by atoms with Crippen molar-refractivity contribution >= 4 is 0 Å². The van der Waals surface area contributed by atoms with Crippen molar-refractivity contribution in [2.75, 3.05) is 0 Å². The Kier molecular flexibility index (Phi) is 3.69. The Hall–Kier alpha value is -1.37. The van der Waals surface area contributed by atoms with Gasteiger partial charge in [-0.05, 0) is 17.7 Å². The Morgan fingerprint density at radius 3 is 2.38 bits per heavy atom. The number of hydrogen-bond donors (Lipinski definition) is 1. The molecule has 0 spiro atoms. The number of rotatable bonds is 4. The van der Waals surface area contributed by atoms with Crippen LogP contribution >= 0.6 is 0 Å². The van der Waals surface area contributed by atoms with E-state index in [0.717, 1.165) is 12.1 Å². The lowest BCUT2D eigenvalue weighted by molar-refractivity contribution is -0.253. The Bertz CT molecular complexity index is 369. The van der Waals surface area contributed by atoms with E-state index in [-0.39, 0.29) is 12.1 Å². The molecular formula is C9H8F5NO. The topological polar surface area (TPSA) is 35.2 Å². The van der Waals surface area contributed by atoms with Crippen LogP contribution in [0.4, 0.5) is 22.0 Å². The van der Waals surface area contributed by atoms with Crippen molar-refractivity contribution in [3.8, 4) is 5.75 Å². The zero-order valence-electron chi connectivity index (χ0n) is 7.89. The highest BCUT2D eigenvalue weighted by Crippen LogP contribution is 2.28. The van der Waals surface area contributed by atoms with E-state index in [9.17, 15) is 22.0 Å². The van der Waals surface area contributed by atoms with Crippen molar-refractivity contribution < 1.29 is 26.7 Å². The van der Waals surface area contributed by atoms with E-state index in [4.69, 9.17) is 5.73 Å². The lowest BCUT2D eigenvalue weighted by atomic mass is 10.2. The van der Waals surface area contributed by atoms with Gasteiger partial charge >= 0.3 is 12.5 Å². The SMILES string of the molecule is NCc1cc(F)cc(OC(F)(F)C(F)F)c1. The number of alkyl halides is 4. The van der Waals surface area contributed by atoms with Gasteiger partial charge in [0.15, 0.2) is 0 Å². The first-order valence-corrected chi connectivity index (χ1v) is 4.19. The molecule has 0 unspecified atom stereocenters. The fourth-order valence-electron chi connectivity index (χ4n) is 0.999.